The van der Waals surface area contributed by atoms with Crippen LogP contribution in [-0.2, 0) is 13.1 Å². The maximum Gasteiger partial charge on any atom is 0.194 e. The fourth-order valence-electron chi connectivity index (χ4n) is 2.32. The molecule has 1 aromatic heterocycles. The number of hydrogen-bond acceptors (Lipinski definition) is 4. The summed E-state index contributed by atoms with van der Waals surface area (Å²) in [6.45, 7) is 3.19. The van der Waals surface area contributed by atoms with Gasteiger partial charge in [-0.05, 0) is 19.1 Å². The highest BCUT2D eigenvalue weighted by Crippen LogP contribution is 2.18. The summed E-state index contributed by atoms with van der Waals surface area (Å²) < 4.78 is 5.40. The van der Waals surface area contributed by atoms with Gasteiger partial charge in [0.05, 0.1) is 19.3 Å². The summed E-state index contributed by atoms with van der Waals surface area (Å²) in [5.74, 6) is 2.44. The highest BCUT2D eigenvalue weighted by atomic mass is 16.5. The van der Waals surface area contributed by atoms with Crippen LogP contribution in [0, 0.1) is 6.92 Å². The quantitative estimate of drug-likeness (QED) is 0.676. The smallest absolute Gasteiger partial charge is 0.194 e. The minimum Gasteiger partial charge on any atom is -0.496 e. The minimum absolute atomic E-state index is 0.603. The Balaban J connectivity index is 2.00. The van der Waals surface area contributed by atoms with E-state index in [1.807, 2.05) is 43.1 Å². The molecular weight excluding hydrogens is 290 g/mol. The molecule has 0 fully saturated rings. The molecule has 0 aliphatic carbocycles. The number of aryl methyl sites for hydroxylation is 1. The van der Waals surface area contributed by atoms with Gasteiger partial charge in [0.2, 0.25) is 0 Å². The molecule has 122 valence electrons. The number of benzene rings is 1. The number of nitrogens with zero attached hydrogens (tertiary/aromatic N) is 4. The molecule has 1 aromatic carbocycles. The first-order chi connectivity index (χ1) is 11.1. The molecule has 0 saturated carbocycles. The summed E-state index contributed by atoms with van der Waals surface area (Å²) in [5, 5.41) is 3.32. The number of nitrogens with one attached hydrogen (secondary N) is 1. The van der Waals surface area contributed by atoms with E-state index in [-0.39, 0.29) is 0 Å². The molecule has 1 N–H and O–H groups in total. The van der Waals surface area contributed by atoms with Gasteiger partial charge in [0.1, 0.15) is 11.6 Å². The molecule has 0 aliphatic heterocycles. The van der Waals surface area contributed by atoms with Crippen molar-refractivity contribution in [1.29, 1.82) is 0 Å². The van der Waals surface area contributed by atoms with E-state index >= 15 is 0 Å². The Morgan fingerprint density at radius 2 is 2.09 bits per heavy atom. The number of para-hydroxylation sites is 1. The van der Waals surface area contributed by atoms with E-state index in [1.165, 1.54) is 0 Å². The van der Waals surface area contributed by atoms with Crippen molar-refractivity contribution in [2.75, 3.05) is 21.2 Å². The molecule has 0 atom stereocenters. The third-order valence-corrected chi connectivity index (χ3v) is 3.43. The van der Waals surface area contributed by atoms with Gasteiger partial charge < -0.3 is 15.0 Å². The van der Waals surface area contributed by atoms with Gasteiger partial charge in [-0.1, -0.05) is 18.2 Å². The first-order valence-corrected chi connectivity index (χ1v) is 7.46. The number of hydrogen-bond donors (Lipinski definition) is 1. The van der Waals surface area contributed by atoms with Crippen LogP contribution in [0.2, 0.25) is 0 Å². The number of rotatable bonds is 5. The topological polar surface area (TPSA) is 62.6 Å². The Hall–Kier alpha value is -2.63. The molecule has 6 heteroatoms. The molecule has 0 saturated heterocycles. The molecule has 0 amide bonds. The number of methoxy groups -OCH3 is 1. The lowest BCUT2D eigenvalue weighted by Gasteiger charge is -2.23. The zero-order valence-corrected chi connectivity index (χ0v) is 14.1. The predicted molar refractivity (Wildman–Crippen MR) is 91.4 cm³/mol. The third-order valence-electron chi connectivity index (χ3n) is 3.43. The molecule has 0 bridgehead atoms. The van der Waals surface area contributed by atoms with Crippen LogP contribution in [0.25, 0.3) is 0 Å². The maximum absolute atomic E-state index is 5.40. The van der Waals surface area contributed by atoms with Gasteiger partial charge in [0, 0.05) is 32.4 Å². The van der Waals surface area contributed by atoms with Crippen molar-refractivity contribution >= 4 is 5.96 Å². The summed E-state index contributed by atoms with van der Waals surface area (Å²) >= 11 is 0. The molecule has 0 spiro atoms. The largest absolute Gasteiger partial charge is 0.496 e. The second kappa shape index (κ2) is 8.12. The van der Waals surface area contributed by atoms with Crippen LogP contribution < -0.4 is 10.1 Å². The van der Waals surface area contributed by atoms with E-state index in [0.717, 1.165) is 28.8 Å². The van der Waals surface area contributed by atoms with E-state index in [4.69, 9.17) is 4.74 Å². The van der Waals surface area contributed by atoms with Crippen molar-refractivity contribution in [2.45, 2.75) is 20.0 Å². The Kier molecular flexibility index (Phi) is 5.91. The molecular formula is C17H23N5O. The van der Waals surface area contributed by atoms with Crippen LogP contribution in [0.4, 0.5) is 0 Å². The van der Waals surface area contributed by atoms with E-state index in [1.54, 1.807) is 20.4 Å². The second-order valence-corrected chi connectivity index (χ2v) is 5.16. The predicted octanol–water partition coefficient (Wildman–Crippen LogP) is 2.00. The van der Waals surface area contributed by atoms with Gasteiger partial charge in [-0.3, -0.25) is 4.99 Å². The Labute approximate surface area is 137 Å². The summed E-state index contributed by atoms with van der Waals surface area (Å²) in [6, 6.07) is 9.88. The van der Waals surface area contributed by atoms with E-state index in [9.17, 15) is 0 Å². The van der Waals surface area contributed by atoms with E-state index < -0.39 is 0 Å². The summed E-state index contributed by atoms with van der Waals surface area (Å²) in [5.41, 5.74) is 2.04. The van der Waals surface area contributed by atoms with Crippen LogP contribution in [0.1, 0.15) is 17.1 Å². The van der Waals surface area contributed by atoms with Crippen molar-refractivity contribution in [2.24, 2.45) is 4.99 Å². The lowest BCUT2D eigenvalue weighted by Crippen LogP contribution is -2.38. The molecule has 1 heterocycles. The Morgan fingerprint density at radius 3 is 2.78 bits per heavy atom. The van der Waals surface area contributed by atoms with Gasteiger partial charge in [0.25, 0.3) is 0 Å². The molecule has 0 radical (unpaired) electrons. The van der Waals surface area contributed by atoms with Gasteiger partial charge in [-0.2, -0.15) is 0 Å². The van der Waals surface area contributed by atoms with Crippen molar-refractivity contribution in [1.82, 2.24) is 20.2 Å². The second-order valence-electron chi connectivity index (χ2n) is 5.16. The zero-order chi connectivity index (χ0) is 16.7. The van der Waals surface area contributed by atoms with Crippen molar-refractivity contribution in [3.8, 4) is 5.75 Å². The molecule has 6 nitrogen and oxygen atoms in total. The molecule has 2 aromatic rings. The van der Waals surface area contributed by atoms with Crippen molar-refractivity contribution < 1.29 is 4.74 Å². The van der Waals surface area contributed by atoms with Crippen LogP contribution >= 0.6 is 0 Å². The fourth-order valence-corrected chi connectivity index (χ4v) is 2.32. The number of guanidine groups is 1. The van der Waals surface area contributed by atoms with Crippen LogP contribution in [0.5, 0.6) is 5.75 Å². The SMILES string of the molecule is CN=C(NCc1ccnc(C)n1)N(C)Cc1ccccc1OC. The third kappa shape index (κ3) is 4.67. The standard InChI is InChI=1S/C17H23N5O/c1-13-19-10-9-15(21-13)11-20-17(18-2)22(3)12-14-7-5-6-8-16(14)23-4/h5-10H,11-12H2,1-4H3,(H,18,20). The minimum atomic E-state index is 0.603. The number of ether oxygens (including phenoxy) is 1. The van der Waals surface area contributed by atoms with Crippen LogP contribution in [0.15, 0.2) is 41.5 Å². The lowest BCUT2D eigenvalue weighted by atomic mass is 10.2. The number of aliphatic imine (C=N–C) groups is 1. The van der Waals surface area contributed by atoms with E-state index in [2.05, 4.69) is 26.3 Å². The van der Waals surface area contributed by atoms with Crippen LogP contribution in [0.3, 0.4) is 0 Å². The average Bonchev–Trinajstić information content (AvgIpc) is 2.56. The highest BCUT2D eigenvalue weighted by molar-refractivity contribution is 5.79. The first-order valence-electron chi connectivity index (χ1n) is 7.46. The fraction of sp³-hybridized carbons (Fsp3) is 0.353. The normalized spacial score (nSPS) is 11.2. The van der Waals surface area contributed by atoms with Gasteiger partial charge in [0.15, 0.2) is 5.96 Å². The van der Waals surface area contributed by atoms with Crippen molar-refractivity contribution in [3.05, 3.63) is 53.6 Å². The Bertz CT molecular complexity index is 672. The Morgan fingerprint density at radius 1 is 1.30 bits per heavy atom. The van der Waals surface area contributed by atoms with E-state index in [0.29, 0.717) is 13.1 Å². The first kappa shape index (κ1) is 16.7. The molecule has 0 aliphatic rings. The summed E-state index contributed by atoms with van der Waals surface area (Å²) in [4.78, 5) is 14.9. The molecule has 23 heavy (non-hydrogen) atoms. The van der Waals surface area contributed by atoms with Gasteiger partial charge in [-0.15, -0.1) is 0 Å². The van der Waals surface area contributed by atoms with Crippen LogP contribution in [-0.4, -0.2) is 42.0 Å². The number of aromatic nitrogens is 2. The summed E-state index contributed by atoms with van der Waals surface area (Å²) in [6.07, 6.45) is 1.76. The molecule has 2 rings (SSSR count). The zero-order valence-electron chi connectivity index (χ0n) is 14.1. The van der Waals surface area contributed by atoms with Gasteiger partial charge in [-0.25, -0.2) is 9.97 Å². The van der Waals surface area contributed by atoms with Gasteiger partial charge >= 0.3 is 0 Å². The molecule has 0 unspecified atom stereocenters. The van der Waals surface area contributed by atoms with Crippen molar-refractivity contribution in [3.63, 3.8) is 0 Å². The summed E-state index contributed by atoms with van der Waals surface area (Å²) in [7, 11) is 5.45. The average molecular weight is 313 g/mol. The highest BCUT2D eigenvalue weighted by Gasteiger charge is 2.10. The maximum atomic E-state index is 5.40. The monoisotopic (exact) mass is 313 g/mol. The lowest BCUT2D eigenvalue weighted by molar-refractivity contribution is 0.396.